The number of aromatic nitrogens is 3. The average Bonchev–Trinajstić information content (AvgIpc) is 3.08. The summed E-state index contributed by atoms with van der Waals surface area (Å²) in [7, 11) is 1.85. The fraction of sp³-hybridized carbons (Fsp3) is 0.231. The van der Waals surface area contributed by atoms with E-state index in [1.54, 1.807) is 10.9 Å². The van der Waals surface area contributed by atoms with Gasteiger partial charge in [-0.05, 0) is 0 Å². The summed E-state index contributed by atoms with van der Waals surface area (Å²) in [5.74, 6) is 0.0292. The molecule has 9 heteroatoms. The lowest BCUT2D eigenvalue weighted by Gasteiger charge is -2.04. The zero-order chi connectivity index (χ0) is 15.3. The number of anilines is 1. The second kappa shape index (κ2) is 4.54. The molecular formula is C13H10F2N4O2S. The molecule has 3 heterocycles. The molecule has 1 N–H and O–H groups in total. The quantitative estimate of drug-likeness (QED) is 0.802. The van der Waals surface area contributed by atoms with Gasteiger partial charge in [-0.25, -0.2) is 4.98 Å². The van der Waals surface area contributed by atoms with Crippen LogP contribution in [0.1, 0.15) is 5.56 Å². The van der Waals surface area contributed by atoms with Crippen LogP contribution in [0.2, 0.25) is 0 Å². The van der Waals surface area contributed by atoms with E-state index < -0.39 is 6.29 Å². The minimum atomic E-state index is -3.60. The number of hydrogen-bond acceptors (Lipinski definition) is 6. The molecule has 1 aliphatic heterocycles. The Morgan fingerprint density at radius 2 is 2.09 bits per heavy atom. The molecule has 3 aromatic rings. The van der Waals surface area contributed by atoms with Gasteiger partial charge in [-0.1, -0.05) is 11.3 Å². The predicted octanol–water partition coefficient (Wildman–Crippen LogP) is 2.96. The maximum absolute atomic E-state index is 13.0. The third kappa shape index (κ3) is 2.33. The molecule has 6 nitrogen and oxygen atoms in total. The van der Waals surface area contributed by atoms with Gasteiger partial charge in [-0.3, -0.25) is 4.68 Å². The van der Waals surface area contributed by atoms with Gasteiger partial charge in [0.2, 0.25) is 0 Å². The van der Waals surface area contributed by atoms with Gasteiger partial charge in [-0.15, -0.1) is 8.78 Å². The number of aryl methyl sites for hydroxylation is 1. The van der Waals surface area contributed by atoms with Crippen molar-refractivity contribution < 1.29 is 18.3 Å². The Labute approximate surface area is 127 Å². The van der Waals surface area contributed by atoms with E-state index in [4.69, 9.17) is 0 Å². The Morgan fingerprint density at radius 3 is 2.82 bits per heavy atom. The summed E-state index contributed by atoms with van der Waals surface area (Å²) in [6.45, 7) is 0.582. The van der Waals surface area contributed by atoms with Crippen LogP contribution in [0.5, 0.6) is 11.5 Å². The summed E-state index contributed by atoms with van der Waals surface area (Å²) < 4.78 is 37.3. The first-order valence-corrected chi connectivity index (χ1v) is 7.22. The molecule has 0 bridgehead atoms. The van der Waals surface area contributed by atoms with Gasteiger partial charge in [0.15, 0.2) is 16.6 Å². The van der Waals surface area contributed by atoms with Crippen molar-refractivity contribution >= 4 is 26.7 Å². The highest BCUT2D eigenvalue weighted by atomic mass is 32.1. The molecule has 2 aromatic heterocycles. The fourth-order valence-corrected chi connectivity index (χ4v) is 3.06. The zero-order valence-corrected chi connectivity index (χ0v) is 12.2. The van der Waals surface area contributed by atoms with E-state index in [1.807, 2.05) is 13.2 Å². The minimum Gasteiger partial charge on any atom is -0.395 e. The van der Waals surface area contributed by atoms with Crippen LogP contribution in [0.3, 0.4) is 0 Å². The summed E-state index contributed by atoms with van der Waals surface area (Å²) in [5, 5.41) is 7.95. The highest BCUT2D eigenvalue weighted by Gasteiger charge is 2.43. The summed E-state index contributed by atoms with van der Waals surface area (Å²) in [4.78, 5) is 4.36. The number of halogens is 2. The Bertz CT molecular complexity index is 816. The molecule has 1 aliphatic rings. The molecule has 0 atom stereocenters. The van der Waals surface area contributed by atoms with Crippen LogP contribution in [-0.2, 0) is 13.6 Å². The minimum absolute atomic E-state index is 0.00149. The van der Waals surface area contributed by atoms with E-state index >= 15 is 0 Å². The number of hydrogen-bond donors (Lipinski definition) is 1. The molecule has 0 saturated heterocycles. The average molecular weight is 324 g/mol. The van der Waals surface area contributed by atoms with Gasteiger partial charge < -0.3 is 14.8 Å². The highest BCUT2D eigenvalue weighted by molar-refractivity contribution is 7.22. The van der Waals surface area contributed by atoms with Crippen molar-refractivity contribution in [2.45, 2.75) is 12.8 Å². The predicted molar refractivity (Wildman–Crippen MR) is 76.4 cm³/mol. The van der Waals surface area contributed by atoms with E-state index in [1.165, 1.54) is 23.5 Å². The van der Waals surface area contributed by atoms with Crippen molar-refractivity contribution in [2.75, 3.05) is 5.32 Å². The molecule has 0 fully saturated rings. The molecule has 0 aliphatic carbocycles. The second-order valence-electron chi connectivity index (χ2n) is 4.83. The molecule has 114 valence electrons. The Hall–Kier alpha value is -2.42. The van der Waals surface area contributed by atoms with Crippen molar-refractivity contribution in [2.24, 2.45) is 7.05 Å². The molecule has 22 heavy (non-hydrogen) atoms. The number of nitrogens with zero attached hydrogens (tertiary/aromatic N) is 3. The van der Waals surface area contributed by atoms with Crippen LogP contribution in [-0.4, -0.2) is 21.1 Å². The zero-order valence-electron chi connectivity index (χ0n) is 11.3. The molecule has 0 radical (unpaired) electrons. The SMILES string of the molecule is Cn1cc(CNc2nc3cc4c(cc3s2)OC(F)(F)O4)cn1. The maximum atomic E-state index is 13.0. The lowest BCUT2D eigenvalue weighted by molar-refractivity contribution is -0.286. The number of rotatable bonds is 3. The summed E-state index contributed by atoms with van der Waals surface area (Å²) in [6.07, 6.45) is 0.0600. The van der Waals surface area contributed by atoms with E-state index in [9.17, 15) is 8.78 Å². The third-order valence-electron chi connectivity index (χ3n) is 3.11. The van der Waals surface area contributed by atoms with E-state index in [-0.39, 0.29) is 11.5 Å². The Kier molecular flexibility index (Phi) is 2.73. The smallest absolute Gasteiger partial charge is 0.395 e. The lowest BCUT2D eigenvalue weighted by atomic mass is 10.3. The van der Waals surface area contributed by atoms with E-state index in [0.717, 1.165) is 10.3 Å². The molecule has 1 aromatic carbocycles. The highest BCUT2D eigenvalue weighted by Crippen LogP contribution is 2.44. The normalized spacial score (nSPS) is 15.4. The van der Waals surface area contributed by atoms with Crippen LogP contribution in [0.15, 0.2) is 24.5 Å². The molecule has 0 saturated carbocycles. The number of thiazole rings is 1. The number of benzene rings is 1. The van der Waals surface area contributed by atoms with Crippen molar-refractivity contribution in [3.05, 3.63) is 30.1 Å². The van der Waals surface area contributed by atoms with Crippen LogP contribution in [0, 0.1) is 0 Å². The van der Waals surface area contributed by atoms with Crippen molar-refractivity contribution in [1.82, 2.24) is 14.8 Å². The third-order valence-corrected chi connectivity index (χ3v) is 4.09. The Balaban J connectivity index is 1.57. The molecular weight excluding hydrogens is 314 g/mol. The summed E-state index contributed by atoms with van der Waals surface area (Å²) >= 11 is 1.36. The topological polar surface area (TPSA) is 61.2 Å². The van der Waals surface area contributed by atoms with Crippen LogP contribution >= 0.6 is 11.3 Å². The first kappa shape index (κ1) is 13.3. The Morgan fingerprint density at radius 1 is 1.32 bits per heavy atom. The van der Waals surface area contributed by atoms with E-state index in [0.29, 0.717) is 17.2 Å². The van der Waals surface area contributed by atoms with Gasteiger partial charge in [-0.2, -0.15) is 5.10 Å². The number of alkyl halides is 2. The van der Waals surface area contributed by atoms with Crippen molar-refractivity contribution in [3.63, 3.8) is 0 Å². The summed E-state index contributed by atoms with van der Waals surface area (Å²) in [6, 6.07) is 2.97. The van der Waals surface area contributed by atoms with Gasteiger partial charge in [0.05, 0.1) is 16.4 Å². The van der Waals surface area contributed by atoms with Crippen molar-refractivity contribution in [1.29, 1.82) is 0 Å². The van der Waals surface area contributed by atoms with Crippen LogP contribution in [0.25, 0.3) is 10.2 Å². The molecule has 0 spiro atoms. The first-order chi connectivity index (χ1) is 10.5. The number of ether oxygens (including phenoxy) is 2. The largest absolute Gasteiger partial charge is 0.586 e. The molecule has 0 unspecified atom stereocenters. The lowest BCUT2D eigenvalue weighted by Crippen LogP contribution is -2.25. The molecule has 0 amide bonds. The van der Waals surface area contributed by atoms with Crippen LogP contribution in [0.4, 0.5) is 13.9 Å². The summed E-state index contributed by atoms with van der Waals surface area (Å²) in [5.41, 5.74) is 1.61. The first-order valence-electron chi connectivity index (χ1n) is 6.40. The van der Waals surface area contributed by atoms with Crippen molar-refractivity contribution in [3.8, 4) is 11.5 Å². The fourth-order valence-electron chi connectivity index (χ4n) is 2.19. The second-order valence-corrected chi connectivity index (χ2v) is 5.86. The maximum Gasteiger partial charge on any atom is 0.586 e. The van der Waals surface area contributed by atoms with Gasteiger partial charge in [0.25, 0.3) is 0 Å². The molecule has 4 rings (SSSR count). The van der Waals surface area contributed by atoms with Gasteiger partial charge in [0, 0.05) is 37.5 Å². The van der Waals surface area contributed by atoms with Gasteiger partial charge >= 0.3 is 6.29 Å². The monoisotopic (exact) mass is 324 g/mol. The van der Waals surface area contributed by atoms with E-state index in [2.05, 4.69) is 24.9 Å². The number of nitrogens with one attached hydrogen (secondary N) is 1. The van der Waals surface area contributed by atoms with Gasteiger partial charge in [0.1, 0.15) is 0 Å². The van der Waals surface area contributed by atoms with Crippen LogP contribution < -0.4 is 14.8 Å². The standard InChI is InChI=1S/C13H10F2N4O2S/c1-19-6-7(5-17-19)4-16-12-18-8-2-9-10(3-11(8)22-12)21-13(14,15)20-9/h2-3,5-6H,4H2,1H3,(H,16,18). The number of fused-ring (bicyclic) bond motifs is 2.